The van der Waals surface area contributed by atoms with Crippen molar-refractivity contribution in [2.45, 2.75) is 13.5 Å². The molecule has 0 saturated carbocycles. The van der Waals surface area contributed by atoms with Crippen molar-refractivity contribution in [2.75, 3.05) is 18.5 Å². The second-order valence-electron chi connectivity index (χ2n) is 4.48. The Morgan fingerprint density at radius 1 is 1.18 bits per heavy atom. The van der Waals surface area contributed by atoms with E-state index in [4.69, 9.17) is 9.15 Å². The number of amides is 1. The molecule has 116 valence electrons. The maximum absolute atomic E-state index is 11.8. The molecule has 1 aromatic carbocycles. The smallest absolute Gasteiger partial charge is 0.340 e. The quantitative estimate of drug-likeness (QED) is 0.766. The minimum absolute atomic E-state index is 0.0527. The van der Waals surface area contributed by atoms with Crippen molar-refractivity contribution in [3.05, 3.63) is 54.0 Å². The number of anilines is 1. The molecule has 1 heterocycles. The van der Waals surface area contributed by atoms with Crippen LogP contribution < -0.4 is 10.6 Å². The highest BCUT2D eigenvalue weighted by atomic mass is 16.5. The fourth-order valence-corrected chi connectivity index (χ4v) is 1.86. The lowest BCUT2D eigenvalue weighted by atomic mass is 10.2. The van der Waals surface area contributed by atoms with E-state index in [2.05, 4.69) is 10.6 Å². The molecule has 1 aromatic heterocycles. The zero-order chi connectivity index (χ0) is 15.8. The number of esters is 1. The number of rotatable bonds is 7. The molecule has 22 heavy (non-hydrogen) atoms. The lowest BCUT2D eigenvalue weighted by Gasteiger charge is -2.11. The van der Waals surface area contributed by atoms with Gasteiger partial charge in [0.05, 0.1) is 31.5 Å². The minimum Gasteiger partial charge on any atom is -0.467 e. The molecule has 1 amide bonds. The molecular formula is C16H18N2O4. The number of hydrogen-bond acceptors (Lipinski definition) is 5. The predicted octanol–water partition coefficient (Wildman–Crippen LogP) is 2.18. The number of hydrogen-bond donors (Lipinski definition) is 2. The number of nitrogens with one attached hydrogen (secondary N) is 2. The molecule has 0 bridgehead atoms. The van der Waals surface area contributed by atoms with E-state index in [1.54, 1.807) is 49.6 Å². The molecule has 0 aliphatic carbocycles. The number of benzene rings is 1. The van der Waals surface area contributed by atoms with E-state index in [9.17, 15) is 9.59 Å². The van der Waals surface area contributed by atoms with Crippen LogP contribution in [0.3, 0.4) is 0 Å². The number of carbonyl (C=O) groups is 2. The van der Waals surface area contributed by atoms with E-state index in [-0.39, 0.29) is 12.5 Å². The van der Waals surface area contributed by atoms with Crippen molar-refractivity contribution in [3.63, 3.8) is 0 Å². The van der Waals surface area contributed by atoms with Crippen molar-refractivity contribution < 1.29 is 18.7 Å². The van der Waals surface area contributed by atoms with E-state index in [0.717, 1.165) is 0 Å². The number of para-hydroxylation sites is 1. The van der Waals surface area contributed by atoms with Crippen molar-refractivity contribution in [3.8, 4) is 0 Å². The van der Waals surface area contributed by atoms with Gasteiger partial charge in [-0.1, -0.05) is 12.1 Å². The third-order valence-corrected chi connectivity index (χ3v) is 2.90. The molecule has 0 aliphatic rings. The van der Waals surface area contributed by atoms with Crippen LogP contribution in [0.15, 0.2) is 47.1 Å². The second-order valence-corrected chi connectivity index (χ2v) is 4.48. The van der Waals surface area contributed by atoms with Crippen LogP contribution in [0.2, 0.25) is 0 Å². The second kappa shape index (κ2) is 7.87. The van der Waals surface area contributed by atoms with Crippen LogP contribution in [0.1, 0.15) is 23.0 Å². The van der Waals surface area contributed by atoms with E-state index in [1.807, 2.05) is 0 Å². The van der Waals surface area contributed by atoms with Crippen molar-refractivity contribution >= 4 is 17.6 Å². The maximum atomic E-state index is 11.8. The van der Waals surface area contributed by atoms with E-state index < -0.39 is 5.97 Å². The third-order valence-electron chi connectivity index (χ3n) is 2.90. The summed E-state index contributed by atoms with van der Waals surface area (Å²) >= 11 is 0. The molecule has 2 N–H and O–H groups in total. The normalized spacial score (nSPS) is 10.0. The first-order chi connectivity index (χ1) is 10.7. The fraction of sp³-hybridized carbons (Fsp3) is 0.250. The molecule has 0 radical (unpaired) electrons. The van der Waals surface area contributed by atoms with Gasteiger partial charge >= 0.3 is 5.97 Å². The van der Waals surface area contributed by atoms with Gasteiger partial charge in [-0.2, -0.15) is 0 Å². The van der Waals surface area contributed by atoms with Gasteiger partial charge < -0.3 is 19.8 Å². The molecule has 0 aliphatic heterocycles. The zero-order valence-corrected chi connectivity index (χ0v) is 12.3. The average Bonchev–Trinajstić information content (AvgIpc) is 3.05. The molecule has 6 heteroatoms. The van der Waals surface area contributed by atoms with Gasteiger partial charge in [-0.3, -0.25) is 4.79 Å². The molecule has 2 aromatic rings. The highest BCUT2D eigenvalue weighted by Crippen LogP contribution is 2.15. The van der Waals surface area contributed by atoms with Gasteiger partial charge in [0.1, 0.15) is 5.76 Å². The first-order valence-electron chi connectivity index (χ1n) is 6.99. The van der Waals surface area contributed by atoms with Gasteiger partial charge in [0.25, 0.3) is 0 Å². The summed E-state index contributed by atoms with van der Waals surface area (Å²) in [5.41, 5.74) is 0.970. The molecule has 0 spiro atoms. The Labute approximate surface area is 128 Å². The number of ether oxygens (including phenoxy) is 1. The Morgan fingerprint density at radius 3 is 2.73 bits per heavy atom. The summed E-state index contributed by atoms with van der Waals surface area (Å²) in [6, 6.07) is 10.5. The lowest BCUT2D eigenvalue weighted by Crippen LogP contribution is -2.29. The summed E-state index contributed by atoms with van der Waals surface area (Å²) in [6.07, 6.45) is 1.55. The van der Waals surface area contributed by atoms with Crippen LogP contribution in [0, 0.1) is 0 Å². The topological polar surface area (TPSA) is 80.6 Å². The van der Waals surface area contributed by atoms with Gasteiger partial charge in [0.15, 0.2) is 0 Å². The van der Waals surface area contributed by atoms with Gasteiger partial charge in [0.2, 0.25) is 5.91 Å². The number of furan rings is 1. The largest absolute Gasteiger partial charge is 0.467 e. The highest BCUT2D eigenvalue weighted by Gasteiger charge is 2.12. The fourth-order valence-electron chi connectivity index (χ4n) is 1.86. The molecule has 0 atom stereocenters. The van der Waals surface area contributed by atoms with Crippen LogP contribution >= 0.6 is 0 Å². The van der Waals surface area contributed by atoms with Crippen LogP contribution in [-0.2, 0) is 16.1 Å². The van der Waals surface area contributed by atoms with Crippen molar-refractivity contribution in [1.29, 1.82) is 0 Å². The number of carbonyl (C=O) groups excluding carboxylic acids is 2. The van der Waals surface area contributed by atoms with Gasteiger partial charge in [-0.25, -0.2) is 4.79 Å². The summed E-state index contributed by atoms with van der Waals surface area (Å²) in [5.74, 6) is 0.0666. The monoisotopic (exact) mass is 302 g/mol. The van der Waals surface area contributed by atoms with Crippen molar-refractivity contribution in [2.24, 2.45) is 0 Å². The van der Waals surface area contributed by atoms with Crippen LogP contribution in [-0.4, -0.2) is 25.0 Å². The molecule has 0 saturated heterocycles. The molecule has 0 fully saturated rings. The summed E-state index contributed by atoms with van der Waals surface area (Å²) in [5, 5.41) is 5.66. The Morgan fingerprint density at radius 2 is 2.00 bits per heavy atom. The molecule has 0 unspecified atom stereocenters. The predicted molar refractivity (Wildman–Crippen MR) is 81.4 cm³/mol. The maximum Gasteiger partial charge on any atom is 0.340 e. The summed E-state index contributed by atoms with van der Waals surface area (Å²) in [4.78, 5) is 23.6. The van der Waals surface area contributed by atoms with E-state index >= 15 is 0 Å². The van der Waals surface area contributed by atoms with Crippen molar-refractivity contribution in [1.82, 2.24) is 5.32 Å². The zero-order valence-electron chi connectivity index (χ0n) is 12.3. The Hall–Kier alpha value is -2.76. The average molecular weight is 302 g/mol. The Bertz CT molecular complexity index is 623. The first-order valence-corrected chi connectivity index (χ1v) is 6.99. The summed E-state index contributed by atoms with van der Waals surface area (Å²) < 4.78 is 10.1. The van der Waals surface area contributed by atoms with Crippen LogP contribution in [0.5, 0.6) is 0 Å². The van der Waals surface area contributed by atoms with Gasteiger partial charge in [0, 0.05) is 5.69 Å². The highest BCUT2D eigenvalue weighted by molar-refractivity contribution is 5.96. The first kappa shape index (κ1) is 15.6. The van der Waals surface area contributed by atoms with Gasteiger partial charge in [-0.05, 0) is 31.2 Å². The molecule has 2 rings (SSSR count). The molecule has 6 nitrogen and oxygen atoms in total. The molecular weight excluding hydrogens is 284 g/mol. The van der Waals surface area contributed by atoms with Crippen LogP contribution in [0.25, 0.3) is 0 Å². The van der Waals surface area contributed by atoms with Crippen LogP contribution in [0.4, 0.5) is 5.69 Å². The lowest BCUT2D eigenvalue weighted by molar-refractivity contribution is -0.119. The standard InChI is InChI=1S/C16H18N2O4/c1-2-21-16(20)13-7-3-4-8-14(13)17-11-15(19)18-10-12-6-5-9-22-12/h3-9,17H,2,10-11H2,1H3,(H,18,19). The van der Waals surface area contributed by atoms with Gasteiger partial charge in [-0.15, -0.1) is 0 Å². The summed E-state index contributed by atoms with van der Waals surface area (Å²) in [6.45, 7) is 2.43. The SMILES string of the molecule is CCOC(=O)c1ccccc1NCC(=O)NCc1ccco1. The van der Waals surface area contributed by atoms with E-state index in [0.29, 0.717) is 30.2 Å². The third kappa shape index (κ3) is 4.37. The minimum atomic E-state index is -0.415. The van der Waals surface area contributed by atoms with E-state index in [1.165, 1.54) is 0 Å². The summed E-state index contributed by atoms with van der Waals surface area (Å²) in [7, 11) is 0. The Kier molecular flexibility index (Phi) is 5.59. The Balaban J connectivity index is 1.88.